The first kappa shape index (κ1) is 15.6. The van der Waals surface area contributed by atoms with Crippen LogP contribution in [-0.4, -0.2) is 15.7 Å². The van der Waals surface area contributed by atoms with Crippen molar-refractivity contribution in [1.29, 1.82) is 0 Å². The van der Waals surface area contributed by atoms with Gasteiger partial charge in [0.05, 0.1) is 24.3 Å². The Morgan fingerprint density at radius 2 is 1.76 bits per heavy atom. The third kappa shape index (κ3) is 3.79. The molecule has 0 saturated heterocycles. The van der Waals surface area contributed by atoms with Crippen LogP contribution in [0.4, 0.5) is 0 Å². The summed E-state index contributed by atoms with van der Waals surface area (Å²) in [4.78, 5) is 12.5. The molecule has 1 aromatic heterocycles. The average Bonchev–Trinajstić information content (AvgIpc) is 3.40. The van der Waals surface area contributed by atoms with E-state index in [9.17, 15) is 4.79 Å². The van der Waals surface area contributed by atoms with Crippen molar-refractivity contribution in [2.45, 2.75) is 25.3 Å². The standard InChI is InChI=1S/C21H21N3O/c25-20(23-21(18-11-12-18)17-7-3-1-4-8-17)13-16-14-22-24(15-16)19-9-5-2-6-10-19/h1-10,14-15,18,21H,11-13H2,(H,23,25). The quantitative estimate of drug-likeness (QED) is 0.749. The molecule has 4 rings (SSSR count). The number of amides is 1. The number of hydrogen-bond donors (Lipinski definition) is 1. The zero-order valence-electron chi connectivity index (χ0n) is 14.0. The fourth-order valence-electron chi connectivity index (χ4n) is 3.15. The highest BCUT2D eigenvalue weighted by Gasteiger charge is 2.33. The molecule has 1 fully saturated rings. The van der Waals surface area contributed by atoms with Crippen LogP contribution in [0, 0.1) is 5.92 Å². The molecule has 126 valence electrons. The van der Waals surface area contributed by atoms with Crippen LogP contribution in [0.25, 0.3) is 5.69 Å². The van der Waals surface area contributed by atoms with Gasteiger partial charge in [0.1, 0.15) is 0 Å². The fraction of sp³-hybridized carbons (Fsp3) is 0.238. The van der Waals surface area contributed by atoms with Crippen LogP contribution in [0.3, 0.4) is 0 Å². The summed E-state index contributed by atoms with van der Waals surface area (Å²) in [5.41, 5.74) is 3.11. The summed E-state index contributed by atoms with van der Waals surface area (Å²) in [5, 5.41) is 7.58. The number of nitrogens with one attached hydrogen (secondary N) is 1. The molecule has 1 saturated carbocycles. The molecule has 1 amide bonds. The van der Waals surface area contributed by atoms with Gasteiger partial charge in [0, 0.05) is 6.20 Å². The smallest absolute Gasteiger partial charge is 0.225 e. The van der Waals surface area contributed by atoms with E-state index in [1.807, 2.05) is 54.7 Å². The topological polar surface area (TPSA) is 46.9 Å². The van der Waals surface area contributed by atoms with Gasteiger partial charge in [0.2, 0.25) is 5.91 Å². The molecule has 4 nitrogen and oxygen atoms in total. The highest BCUT2D eigenvalue weighted by atomic mass is 16.1. The van der Waals surface area contributed by atoms with E-state index in [1.54, 1.807) is 10.9 Å². The summed E-state index contributed by atoms with van der Waals surface area (Å²) in [5.74, 6) is 0.617. The Bertz CT molecular complexity index is 838. The van der Waals surface area contributed by atoms with Crippen molar-refractivity contribution in [3.63, 3.8) is 0 Å². The lowest BCUT2D eigenvalue weighted by molar-refractivity contribution is -0.121. The number of benzene rings is 2. The lowest BCUT2D eigenvalue weighted by Crippen LogP contribution is -2.31. The molecule has 0 aliphatic heterocycles. The number of carbonyl (C=O) groups excluding carboxylic acids is 1. The van der Waals surface area contributed by atoms with Gasteiger partial charge in [0.15, 0.2) is 0 Å². The Hall–Kier alpha value is -2.88. The van der Waals surface area contributed by atoms with E-state index >= 15 is 0 Å². The third-order valence-electron chi connectivity index (χ3n) is 4.59. The average molecular weight is 331 g/mol. The van der Waals surface area contributed by atoms with Gasteiger partial charge < -0.3 is 5.32 Å². The van der Waals surface area contributed by atoms with Crippen LogP contribution < -0.4 is 5.32 Å². The van der Waals surface area contributed by atoms with Gasteiger partial charge in [-0.2, -0.15) is 5.10 Å². The Labute approximate surface area is 147 Å². The highest BCUT2D eigenvalue weighted by Crippen LogP contribution is 2.40. The molecule has 1 N–H and O–H groups in total. The van der Waals surface area contributed by atoms with Crippen LogP contribution >= 0.6 is 0 Å². The highest BCUT2D eigenvalue weighted by molar-refractivity contribution is 5.79. The largest absolute Gasteiger partial charge is 0.349 e. The van der Waals surface area contributed by atoms with Gasteiger partial charge in [-0.3, -0.25) is 4.79 Å². The molecule has 1 heterocycles. The zero-order valence-corrected chi connectivity index (χ0v) is 14.0. The molecule has 3 aromatic rings. The first-order valence-corrected chi connectivity index (χ1v) is 8.73. The van der Waals surface area contributed by atoms with Gasteiger partial charge in [-0.1, -0.05) is 48.5 Å². The molecule has 0 bridgehead atoms. The zero-order chi connectivity index (χ0) is 17.1. The van der Waals surface area contributed by atoms with E-state index in [-0.39, 0.29) is 11.9 Å². The Morgan fingerprint density at radius 3 is 2.44 bits per heavy atom. The maximum atomic E-state index is 12.5. The number of para-hydroxylation sites is 1. The normalized spacial score (nSPS) is 14.9. The van der Waals surface area contributed by atoms with Gasteiger partial charge in [0.25, 0.3) is 0 Å². The second kappa shape index (κ2) is 6.93. The van der Waals surface area contributed by atoms with Crippen LogP contribution in [0.5, 0.6) is 0 Å². The summed E-state index contributed by atoms with van der Waals surface area (Å²) in [7, 11) is 0. The number of nitrogens with zero attached hydrogens (tertiary/aromatic N) is 2. The van der Waals surface area contributed by atoms with Crippen molar-refractivity contribution in [2.75, 3.05) is 0 Å². The monoisotopic (exact) mass is 331 g/mol. The van der Waals surface area contributed by atoms with E-state index in [2.05, 4.69) is 22.5 Å². The minimum atomic E-state index is 0.0494. The lowest BCUT2D eigenvalue weighted by Gasteiger charge is -2.18. The van der Waals surface area contributed by atoms with Crippen molar-refractivity contribution in [3.05, 3.63) is 84.2 Å². The molecule has 1 aliphatic carbocycles. The lowest BCUT2D eigenvalue weighted by atomic mass is 10.0. The molecule has 1 aliphatic rings. The van der Waals surface area contributed by atoms with Crippen molar-refractivity contribution < 1.29 is 4.79 Å². The van der Waals surface area contributed by atoms with Crippen molar-refractivity contribution >= 4 is 5.91 Å². The molecular weight excluding hydrogens is 310 g/mol. The van der Waals surface area contributed by atoms with E-state index in [1.165, 1.54) is 18.4 Å². The van der Waals surface area contributed by atoms with Crippen molar-refractivity contribution in [2.24, 2.45) is 5.92 Å². The summed E-state index contributed by atoms with van der Waals surface area (Å²) < 4.78 is 1.80. The van der Waals surface area contributed by atoms with Crippen LogP contribution in [0.1, 0.15) is 30.0 Å². The Balaban J connectivity index is 1.43. The van der Waals surface area contributed by atoms with Crippen LogP contribution in [0.15, 0.2) is 73.1 Å². The molecule has 0 radical (unpaired) electrons. The summed E-state index contributed by atoms with van der Waals surface area (Å²) in [6.45, 7) is 0. The predicted octanol–water partition coefficient (Wildman–Crippen LogP) is 3.68. The Kier molecular flexibility index (Phi) is 4.34. The van der Waals surface area contributed by atoms with E-state index in [0.29, 0.717) is 12.3 Å². The van der Waals surface area contributed by atoms with Gasteiger partial charge in [-0.15, -0.1) is 0 Å². The molecular formula is C21H21N3O. The van der Waals surface area contributed by atoms with E-state index in [0.717, 1.165) is 11.3 Å². The first-order chi connectivity index (χ1) is 12.3. The summed E-state index contributed by atoms with van der Waals surface area (Å²) in [6, 6.07) is 20.3. The number of rotatable bonds is 6. The molecule has 2 aromatic carbocycles. The number of carbonyl (C=O) groups is 1. The SMILES string of the molecule is O=C(Cc1cnn(-c2ccccc2)c1)NC(c1ccccc1)C1CC1. The van der Waals surface area contributed by atoms with Gasteiger partial charge >= 0.3 is 0 Å². The maximum absolute atomic E-state index is 12.5. The summed E-state index contributed by atoms with van der Waals surface area (Å²) >= 11 is 0. The first-order valence-electron chi connectivity index (χ1n) is 8.73. The minimum Gasteiger partial charge on any atom is -0.349 e. The predicted molar refractivity (Wildman–Crippen MR) is 97.3 cm³/mol. The van der Waals surface area contributed by atoms with Crippen molar-refractivity contribution in [1.82, 2.24) is 15.1 Å². The molecule has 1 unspecified atom stereocenters. The van der Waals surface area contributed by atoms with Crippen LogP contribution in [-0.2, 0) is 11.2 Å². The summed E-state index contributed by atoms with van der Waals surface area (Å²) in [6.07, 6.45) is 6.41. The second-order valence-electron chi connectivity index (χ2n) is 6.60. The van der Waals surface area contributed by atoms with Crippen LogP contribution in [0.2, 0.25) is 0 Å². The van der Waals surface area contributed by atoms with E-state index < -0.39 is 0 Å². The maximum Gasteiger partial charge on any atom is 0.225 e. The Morgan fingerprint density at radius 1 is 1.08 bits per heavy atom. The second-order valence-corrected chi connectivity index (χ2v) is 6.60. The molecule has 4 heteroatoms. The van der Waals surface area contributed by atoms with Gasteiger partial charge in [-0.25, -0.2) is 4.68 Å². The minimum absolute atomic E-state index is 0.0494. The molecule has 1 atom stereocenters. The number of aromatic nitrogens is 2. The van der Waals surface area contributed by atoms with E-state index in [4.69, 9.17) is 0 Å². The molecule has 0 spiro atoms. The molecule has 25 heavy (non-hydrogen) atoms. The third-order valence-corrected chi connectivity index (χ3v) is 4.59. The van der Waals surface area contributed by atoms with Gasteiger partial charge in [-0.05, 0) is 42.0 Å². The fourth-order valence-corrected chi connectivity index (χ4v) is 3.15. The van der Waals surface area contributed by atoms with Crippen molar-refractivity contribution in [3.8, 4) is 5.69 Å². The number of hydrogen-bond acceptors (Lipinski definition) is 2.